The van der Waals surface area contributed by atoms with Gasteiger partial charge in [0, 0.05) is 32.2 Å². The summed E-state index contributed by atoms with van der Waals surface area (Å²) in [5, 5.41) is 3.76. The number of carbonyl (C=O) groups is 2. The third kappa shape index (κ3) is 4.02. The lowest BCUT2D eigenvalue weighted by Crippen LogP contribution is -2.52. The molecule has 0 aliphatic carbocycles. The number of hydrogen-bond acceptors (Lipinski definition) is 6. The predicted octanol–water partition coefficient (Wildman–Crippen LogP) is 1.20. The van der Waals surface area contributed by atoms with Gasteiger partial charge in [0.1, 0.15) is 5.82 Å². The molecule has 2 aromatic rings. The van der Waals surface area contributed by atoms with E-state index in [2.05, 4.69) is 5.16 Å². The summed E-state index contributed by atoms with van der Waals surface area (Å²) in [7, 11) is -3.12. The molecular weight excluding hydrogens is 401 g/mol. The first kappa shape index (κ1) is 19.6. The molecule has 10 heteroatoms. The van der Waals surface area contributed by atoms with E-state index >= 15 is 0 Å². The Bertz CT molecular complexity index is 1040. The number of nitrogens with zero attached hydrogens (tertiary/aromatic N) is 3. The Morgan fingerprint density at radius 3 is 2.45 bits per heavy atom. The fourth-order valence-electron chi connectivity index (χ4n) is 3.70. The molecule has 1 aromatic carbocycles. The van der Waals surface area contributed by atoms with E-state index in [0.717, 1.165) is 0 Å². The van der Waals surface area contributed by atoms with Crippen LogP contribution in [0.3, 0.4) is 0 Å². The maximum atomic E-state index is 13.9. The fourth-order valence-corrected chi connectivity index (χ4v) is 5.44. The van der Waals surface area contributed by atoms with Gasteiger partial charge in [-0.2, -0.15) is 0 Å². The Kier molecular flexibility index (Phi) is 5.12. The highest BCUT2D eigenvalue weighted by atomic mass is 32.2. The van der Waals surface area contributed by atoms with E-state index in [9.17, 15) is 22.4 Å². The quantitative estimate of drug-likeness (QED) is 0.738. The molecule has 0 bridgehead atoms. The van der Waals surface area contributed by atoms with Gasteiger partial charge in [-0.25, -0.2) is 12.8 Å². The standard InChI is InChI=1S/C19H20FN3O5S/c20-15-4-2-1-3-14(15)17-11-16(21-28-17)19(25)23-8-6-22(7-9-23)18(24)13-5-10-29(26,27)12-13/h1-4,11,13H,5-10,12H2. The summed E-state index contributed by atoms with van der Waals surface area (Å²) in [6.07, 6.45) is 0.359. The lowest BCUT2D eigenvalue weighted by atomic mass is 10.1. The molecule has 3 heterocycles. The van der Waals surface area contributed by atoms with Crippen molar-refractivity contribution in [1.29, 1.82) is 0 Å². The van der Waals surface area contributed by atoms with Crippen molar-refractivity contribution in [3.8, 4) is 11.3 Å². The number of rotatable bonds is 3. The number of benzene rings is 1. The lowest BCUT2D eigenvalue weighted by Gasteiger charge is -2.35. The average Bonchev–Trinajstić information content (AvgIpc) is 3.34. The van der Waals surface area contributed by atoms with Gasteiger partial charge in [-0.1, -0.05) is 17.3 Å². The smallest absolute Gasteiger partial charge is 0.276 e. The third-order valence-electron chi connectivity index (χ3n) is 5.33. The van der Waals surface area contributed by atoms with Crippen LogP contribution in [0.25, 0.3) is 11.3 Å². The van der Waals surface area contributed by atoms with Crippen molar-refractivity contribution >= 4 is 21.7 Å². The Balaban J connectivity index is 1.37. The van der Waals surface area contributed by atoms with E-state index in [1.807, 2.05) is 0 Å². The zero-order chi connectivity index (χ0) is 20.6. The average molecular weight is 421 g/mol. The van der Waals surface area contributed by atoms with Crippen LogP contribution in [0.15, 0.2) is 34.9 Å². The minimum absolute atomic E-state index is 0.0539. The molecule has 4 rings (SSSR count). The van der Waals surface area contributed by atoms with Gasteiger partial charge in [0.15, 0.2) is 21.3 Å². The summed E-state index contributed by atoms with van der Waals surface area (Å²) in [5.74, 6) is -1.35. The number of carbonyl (C=O) groups excluding carboxylic acids is 2. The number of hydrogen-bond donors (Lipinski definition) is 0. The summed E-state index contributed by atoms with van der Waals surface area (Å²) in [6.45, 7) is 1.29. The lowest BCUT2D eigenvalue weighted by molar-refractivity contribution is -0.136. The molecule has 2 saturated heterocycles. The molecule has 2 aliphatic rings. The van der Waals surface area contributed by atoms with Gasteiger partial charge in [0.25, 0.3) is 5.91 Å². The molecule has 0 spiro atoms. The molecule has 154 valence electrons. The molecule has 0 N–H and O–H groups in total. The van der Waals surface area contributed by atoms with E-state index in [0.29, 0.717) is 32.6 Å². The minimum atomic E-state index is -3.12. The monoisotopic (exact) mass is 421 g/mol. The maximum absolute atomic E-state index is 13.9. The van der Waals surface area contributed by atoms with E-state index in [1.54, 1.807) is 21.9 Å². The highest BCUT2D eigenvalue weighted by Crippen LogP contribution is 2.24. The van der Waals surface area contributed by atoms with Gasteiger partial charge in [0.05, 0.1) is 23.0 Å². The molecule has 1 unspecified atom stereocenters. The van der Waals surface area contributed by atoms with E-state index in [-0.39, 0.29) is 40.3 Å². The molecule has 2 aliphatic heterocycles. The number of halogens is 1. The van der Waals surface area contributed by atoms with Gasteiger partial charge in [-0.15, -0.1) is 0 Å². The van der Waals surface area contributed by atoms with Crippen molar-refractivity contribution in [1.82, 2.24) is 15.0 Å². The zero-order valence-electron chi connectivity index (χ0n) is 15.6. The molecule has 8 nitrogen and oxygen atoms in total. The van der Waals surface area contributed by atoms with Crippen LogP contribution in [0.1, 0.15) is 16.9 Å². The molecule has 2 amide bonds. The molecule has 1 aromatic heterocycles. The van der Waals surface area contributed by atoms with E-state index in [1.165, 1.54) is 18.2 Å². The van der Waals surface area contributed by atoms with Crippen LogP contribution in [-0.4, -0.2) is 72.9 Å². The Labute approximate surface area is 167 Å². The Morgan fingerprint density at radius 2 is 1.79 bits per heavy atom. The number of aromatic nitrogens is 1. The van der Waals surface area contributed by atoms with Gasteiger partial charge in [-0.3, -0.25) is 9.59 Å². The molecule has 2 fully saturated rings. The van der Waals surface area contributed by atoms with Crippen molar-refractivity contribution in [2.24, 2.45) is 5.92 Å². The van der Waals surface area contributed by atoms with Gasteiger partial charge in [0.2, 0.25) is 5.91 Å². The highest BCUT2D eigenvalue weighted by Gasteiger charge is 2.36. The second-order valence-electron chi connectivity index (χ2n) is 7.27. The summed E-state index contributed by atoms with van der Waals surface area (Å²) < 4.78 is 42.2. The van der Waals surface area contributed by atoms with Crippen molar-refractivity contribution in [2.75, 3.05) is 37.7 Å². The first-order valence-corrected chi connectivity index (χ1v) is 11.2. The van der Waals surface area contributed by atoms with E-state index in [4.69, 9.17) is 4.52 Å². The van der Waals surface area contributed by atoms with Crippen LogP contribution in [0, 0.1) is 11.7 Å². The van der Waals surface area contributed by atoms with Crippen molar-refractivity contribution in [3.05, 3.63) is 41.8 Å². The summed E-state index contributed by atoms with van der Waals surface area (Å²) in [4.78, 5) is 28.4. The Morgan fingerprint density at radius 1 is 1.10 bits per heavy atom. The largest absolute Gasteiger partial charge is 0.355 e. The second kappa shape index (κ2) is 7.58. The van der Waals surface area contributed by atoms with Crippen LogP contribution in [-0.2, 0) is 14.6 Å². The number of amides is 2. The molecule has 0 radical (unpaired) electrons. The summed E-state index contributed by atoms with van der Waals surface area (Å²) in [6, 6.07) is 7.46. The third-order valence-corrected chi connectivity index (χ3v) is 7.10. The van der Waals surface area contributed by atoms with Gasteiger partial charge in [-0.05, 0) is 18.6 Å². The molecule has 29 heavy (non-hydrogen) atoms. The van der Waals surface area contributed by atoms with Crippen molar-refractivity contribution < 1.29 is 26.9 Å². The molecule has 0 saturated carbocycles. The van der Waals surface area contributed by atoms with Gasteiger partial charge >= 0.3 is 0 Å². The van der Waals surface area contributed by atoms with Crippen molar-refractivity contribution in [3.63, 3.8) is 0 Å². The topological polar surface area (TPSA) is 101 Å². The highest BCUT2D eigenvalue weighted by molar-refractivity contribution is 7.91. The van der Waals surface area contributed by atoms with Crippen LogP contribution in [0.4, 0.5) is 4.39 Å². The second-order valence-corrected chi connectivity index (χ2v) is 9.50. The van der Waals surface area contributed by atoms with E-state index < -0.39 is 21.6 Å². The number of piperazine rings is 1. The summed E-state index contributed by atoms with van der Waals surface area (Å²) >= 11 is 0. The maximum Gasteiger partial charge on any atom is 0.276 e. The zero-order valence-corrected chi connectivity index (χ0v) is 16.4. The minimum Gasteiger partial charge on any atom is -0.355 e. The van der Waals surface area contributed by atoms with Crippen LogP contribution < -0.4 is 0 Å². The summed E-state index contributed by atoms with van der Waals surface area (Å²) in [5.41, 5.74) is 0.297. The Hall–Kier alpha value is -2.75. The van der Waals surface area contributed by atoms with Crippen molar-refractivity contribution in [2.45, 2.75) is 6.42 Å². The fraction of sp³-hybridized carbons (Fsp3) is 0.421. The molecular formula is C19H20FN3O5S. The first-order chi connectivity index (χ1) is 13.8. The first-order valence-electron chi connectivity index (χ1n) is 9.34. The molecule has 1 atom stereocenters. The van der Waals surface area contributed by atoms with Crippen LogP contribution in [0.2, 0.25) is 0 Å². The van der Waals surface area contributed by atoms with Gasteiger partial charge < -0.3 is 14.3 Å². The van der Waals surface area contributed by atoms with Crippen LogP contribution in [0.5, 0.6) is 0 Å². The normalized spacial score (nSPS) is 21.3. The van der Waals surface area contributed by atoms with Crippen LogP contribution >= 0.6 is 0 Å². The SMILES string of the molecule is O=C(c1cc(-c2ccccc2F)on1)N1CCN(C(=O)C2CCS(=O)(=O)C2)CC1. The predicted molar refractivity (Wildman–Crippen MR) is 101 cm³/mol. The number of sulfone groups is 1.